The number of likely N-dealkylation sites (N-methyl/N-ethyl adjacent to an activating group) is 1. The van der Waals surface area contributed by atoms with Crippen LogP contribution >= 0.6 is 0 Å². The van der Waals surface area contributed by atoms with Gasteiger partial charge in [0.25, 0.3) is 0 Å². The van der Waals surface area contributed by atoms with E-state index < -0.39 is 0 Å². The first kappa shape index (κ1) is 14.5. The van der Waals surface area contributed by atoms with Gasteiger partial charge >= 0.3 is 0 Å². The normalized spacial score (nSPS) is 12.6. The highest BCUT2D eigenvalue weighted by atomic mass is 16.2. The summed E-state index contributed by atoms with van der Waals surface area (Å²) in [5.74, 6) is 0.104. The van der Waals surface area contributed by atoms with Crippen LogP contribution < -0.4 is 5.32 Å². The van der Waals surface area contributed by atoms with E-state index in [2.05, 4.69) is 16.5 Å². The third kappa shape index (κ3) is 2.82. The van der Waals surface area contributed by atoms with E-state index in [9.17, 15) is 4.79 Å². The number of amides is 1. The predicted octanol–water partition coefficient (Wildman–Crippen LogP) is 1.53. The van der Waals surface area contributed by atoms with Crippen molar-refractivity contribution in [2.45, 2.75) is 26.4 Å². The number of nitrogens with one attached hydrogen (secondary N) is 1. The van der Waals surface area contributed by atoms with E-state index in [0.717, 1.165) is 23.1 Å². The monoisotopic (exact) mass is 274 g/mol. The Balaban J connectivity index is 2.08. The maximum absolute atomic E-state index is 12.0. The van der Waals surface area contributed by atoms with Gasteiger partial charge in [-0.15, -0.1) is 0 Å². The zero-order chi connectivity index (χ0) is 14.7. The summed E-state index contributed by atoms with van der Waals surface area (Å²) in [6, 6.07) is 7.91. The van der Waals surface area contributed by atoms with Crippen molar-refractivity contribution in [3.8, 4) is 0 Å². The highest BCUT2D eigenvalue weighted by Gasteiger charge is 2.16. The van der Waals surface area contributed by atoms with Crippen molar-refractivity contribution in [1.29, 1.82) is 0 Å². The largest absolute Gasteiger partial charge is 0.345 e. The number of hydrogen-bond donors (Lipinski definition) is 1. The number of aromatic nitrogens is 2. The Morgan fingerprint density at radius 2 is 2.15 bits per heavy atom. The van der Waals surface area contributed by atoms with Crippen LogP contribution in [-0.2, 0) is 18.4 Å². The zero-order valence-corrected chi connectivity index (χ0v) is 12.6. The van der Waals surface area contributed by atoms with Crippen LogP contribution in [-0.4, -0.2) is 40.2 Å². The lowest BCUT2D eigenvalue weighted by atomic mass is 10.2. The highest BCUT2D eigenvalue weighted by molar-refractivity contribution is 5.82. The lowest BCUT2D eigenvalue weighted by molar-refractivity contribution is -0.131. The number of aryl methyl sites for hydroxylation is 1. The first-order chi connectivity index (χ1) is 9.54. The molecule has 1 N–H and O–H groups in total. The molecule has 0 aliphatic rings. The van der Waals surface area contributed by atoms with Gasteiger partial charge in [0.05, 0.1) is 17.3 Å². The molecule has 1 unspecified atom stereocenters. The van der Waals surface area contributed by atoms with E-state index in [1.165, 1.54) is 0 Å². The Bertz CT molecular complexity index is 605. The van der Waals surface area contributed by atoms with Gasteiger partial charge in [-0.3, -0.25) is 9.48 Å². The Kier molecular flexibility index (Phi) is 4.39. The molecule has 1 amide bonds. The highest BCUT2D eigenvalue weighted by Crippen LogP contribution is 2.17. The third-order valence-electron chi connectivity index (χ3n) is 3.63. The molecule has 2 rings (SSSR count). The summed E-state index contributed by atoms with van der Waals surface area (Å²) in [5.41, 5.74) is 2.08. The van der Waals surface area contributed by atoms with Crippen molar-refractivity contribution in [2.24, 2.45) is 7.05 Å². The number of hydrogen-bond acceptors (Lipinski definition) is 3. The Morgan fingerprint density at radius 1 is 1.45 bits per heavy atom. The van der Waals surface area contributed by atoms with Crippen LogP contribution in [0.4, 0.5) is 0 Å². The molecule has 1 aromatic carbocycles. The first-order valence-electron chi connectivity index (χ1n) is 6.93. The number of para-hydroxylation sites is 1. The topological polar surface area (TPSA) is 50.2 Å². The van der Waals surface area contributed by atoms with Gasteiger partial charge in [0.2, 0.25) is 5.91 Å². The molecule has 0 bridgehead atoms. The van der Waals surface area contributed by atoms with Gasteiger partial charge in [0, 0.05) is 32.6 Å². The number of fused-ring (bicyclic) bond motifs is 1. The van der Waals surface area contributed by atoms with Crippen molar-refractivity contribution in [3.63, 3.8) is 0 Å². The summed E-state index contributed by atoms with van der Waals surface area (Å²) in [6.45, 7) is 5.17. The molecule has 0 saturated heterocycles. The number of carbonyl (C=O) groups excluding carboxylic acids is 1. The Morgan fingerprint density at radius 3 is 2.85 bits per heavy atom. The van der Waals surface area contributed by atoms with Crippen molar-refractivity contribution >= 4 is 16.8 Å². The average Bonchev–Trinajstić information content (AvgIpc) is 2.80. The van der Waals surface area contributed by atoms with E-state index >= 15 is 0 Å². The quantitative estimate of drug-likeness (QED) is 0.899. The minimum atomic E-state index is -0.208. The summed E-state index contributed by atoms with van der Waals surface area (Å²) >= 11 is 0. The molecule has 1 aromatic heterocycles. The molecule has 108 valence electrons. The van der Waals surface area contributed by atoms with Crippen LogP contribution in [0.5, 0.6) is 0 Å². The summed E-state index contributed by atoms with van der Waals surface area (Å²) in [5, 5.41) is 8.90. The van der Waals surface area contributed by atoms with E-state index in [0.29, 0.717) is 6.54 Å². The molecule has 1 heterocycles. The molecule has 0 radical (unpaired) electrons. The van der Waals surface area contributed by atoms with Crippen molar-refractivity contribution < 1.29 is 4.79 Å². The molecule has 1 atom stereocenters. The Hall–Kier alpha value is -1.88. The van der Waals surface area contributed by atoms with Gasteiger partial charge in [-0.25, -0.2) is 0 Å². The number of benzene rings is 1. The van der Waals surface area contributed by atoms with Crippen LogP contribution in [0.3, 0.4) is 0 Å². The molecule has 0 aliphatic carbocycles. The van der Waals surface area contributed by atoms with Crippen molar-refractivity contribution in [2.75, 3.05) is 13.6 Å². The lowest BCUT2D eigenvalue weighted by Gasteiger charge is -2.20. The molecule has 2 aromatic rings. The molecule has 5 nitrogen and oxygen atoms in total. The average molecular weight is 274 g/mol. The van der Waals surface area contributed by atoms with E-state index in [1.807, 2.05) is 50.8 Å². The molecule has 0 fully saturated rings. The molecule has 0 spiro atoms. The second kappa shape index (κ2) is 6.05. The standard InChI is InChI=1S/C15H22N4O/c1-5-18(3)15(20)11(2)16-10-13-12-8-6-7-9-14(12)19(4)17-13/h6-9,11,16H,5,10H2,1-4H3. The van der Waals surface area contributed by atoms with E-state index in [1.54, 1.807) is 4.90 Å². The molecular formula is C15H22N4O. The number of rotatable bonds is 5. The fraction of sp³-hybridized carbons (Fsp3) is 0.467. The molecule has 20 heavy (non-hydrogen) atoms. The second-order valence-corrected chi connectivity index (χ2v) is 5.04. The van der Waals surface area contributed by atoms with E-state index in [-0.39, 0.29) is 11.9 Å². The second-order valence-electron chi connectivity index (χ2n) is 5.04. The zero-order valence-electron chi connectivity index (χ0n) is 12.6. The molecule has 0 aliphatic heterocycles. The number of nitrogens with zero attached hydrogens (tertiary/aromatic N) is 3. The SMILES string of the molecule is CCN(C)C(=O)C(C)NCc1nn(C)c2ccccc12. The summed E-state index contributed by atoms with van der Waals surface area (Å²) in [7, 11) is 3.75. The van der Waals surface area contributed by atoms with Crippen LogP contribution in [0.1, 0.15) is 19.5 Å². The van der Waals surface area contributed by atoms with E-state index in [4.69, 9.17) is 0 Å². The van der Waals surface area contributed by atoms with Gasteiger partial charge in [0.15, 0.2) is 0 Å². The van der Waals surface area contributed by atoms with Gasteiger partial charge in [0.1, 0.15) is 0 Å². The first-order valence-corrected chi connectivity index (χ1v) is 6.93. The van der Waals surface area contributed by atoms with Gasteiger partial charge in [-0.2, -0.15) is 5.10 Å². The summed E-state index contributed by atoms with van der Waals surface area (Å²) in [4.78, 5) is 13.7. The predicted molar refractivity (Wildman–Crippen MR) is 80.3 cm³/mol. The van der Waals surface area contributed by atoms with Crippen molar-refractivity contribution in [3.05, 3.63) is 30.0 Å². The molecule has 5 heteroatoms. The Labute approximate surface area is 119 Å². The van der Waals surface area contributed by atoms with Gasteiger partial charge in [-0.05, 0) is 19.9 Å². The van der Waals surface area contributed by atoms with Crippen molar-refractivity contribution in [1.82, 2.24) is 20.0 Å². The van der Waals surface area contributed by atoms with Gasteiger partial charge in [-0.1, -0.05) is 18.2 Å². The minimum Gasteiger partial charge on any atom is -0.345 e. The van der Waals surface area contributed by atoms with Crippen LogP contribution in [0.2, 0.25) is 0 Å². The smallest absolute Gasteiger partial charge is 0.239 e. The van der Waals surface area contributed by atoms with Gasteiger partial charge < -0.3 is 10.2 Å². The van der Waals surface area contributed by atoms with Crippen LogP contribution in [0.15, 0.2) is 24.3 Å². The van der Waals surface area contributed by atoms with Crippen LogP contribution in [0, 0.1) is 0 Å². The lowest BCUT2D eigenvalue weighted by Crippen LogP contribution is -2.42. The fourth-order valence-electron chi connectivity index (χ4n) is 2.24. The minimum absolute atomic E-state index is 0.104. The molecular weight excluding hydrogens is 252 g/mol. The number of carbonyl (C=O) groups is 1. The summed E-state index contributed by atoms with van der Waals surface area (Å²) < 4.78 is 1.87. The summed E-state index contributed by atoms with van der Waals surface area (Å²) in [6.07, 6.45) is 0. The fourth-order valence-corrected chi connectivity index (χ4v) is 2.24. The maximum atomic E-state index is 12.0. The van der Waals surface area contributed by atoms with Crippen LogP contribution in [0.25, 0.3) is 10.9 Å². The molecule has 0 saturated carbocycles. The third-order valence-corrected chi connectivity index (χ3v) is 3.63. The maximum Gasteiger partial charge on any atom is 0.239 e.